The van der Waals surface area contributed by atoms with Gasteiger partial charge in [-0.25, -0.2) is 9.78 Å². The molecule has 7 nitrogen and oxygen atoms in total. The predicted octanol–water partition coefficient (Wildman–Crippen LogP) is 3.85. The molecule has 4 rings (SSSR count). The number of benzene rings is 2. The molecule has 3 aromatic rings. The number of likely N-dealkylation sites (tertiary alicyclic amines) is 1. The molecule has 0 unspecified atom stereocenters. The third-order valence-corrected chi connectivity index (χ3v) is 5.46. The smallest absolute Gasteiger partial charge is 0.475 e. The lowest BCUT2D eigenvalue weighted by Crippen LogP contribution is -2.38. The molecule has 0 bridgehead atoms. The first-order valence-corrected chi connectivity index (χ1v) is 10.4. The van der Waals surface area contributed by atoms with Gasteiger partial charge in [-0.05, 0) is 42.3 Å². The number of nitrogens with one attached hydrogen (secondary N) is 1. The van der Waals surface area contributed by atoms with Crippen LogP contribution in [0.4, 0.5) is 18.9 Å². The Hall–Kier alpha value is -3.40. The number of alkyl halides is 3. The number of anilines is 1. The quantitative estimate of drug-likeness (QED) is 0.602. The number of fused-ring (bicyclic) bond motifs is 1. The standard InChI is InChI=1S/C21H24N4O.C2HF3O2/c1-24-12-10-22-20(24)14-19-7-4-11-25(19)15-21(26)23-18-9-8-16-5-2-3-6-17(16)13-18;3-2(4,5)1(6)7/h2-3,5-6,8-10,12-13,19H,4,7,11,14-15H2,1H3,(H,23,26);(H,6,7)/t19-;/m1./s1. The second-order valence-corrected chi connectivity index (χ2v) is 7.84. The van der Waals surface area contributed by atoms with Crippen molar-refractivity contribution < 1.29 is 27.9 Å². The summed E-state index contributed by atoms with van der Waals surface area (Å²) in [7, 11) is 2.02. The van der Waals surface area contributed by atoms with Gasteiger partial charge in [-0.2, -0.15) is 13.2 Å². The molecule has 0 spiro atoms. The highest BCUT2D eigenvalue weighted by Crippen LogP contribution is 2.22. The van der Waals surface area contributed by atoms with Crippen molar-refractivity contribution >= 4 is 28.3 Å². The van der Waals surface area contributed by atoms with Gasteiger partial charge in [0.25, 0.3) is 0 Å². The van der Waals surface area contributed by atoms with Crippen molar-refractivity contribution in [2.75, 3.05) is 18.4 Å². The molecule has 1 aliphatic rings. The average molecular weight is 462 g/mol. The number of carbonyl (C=O) groups excluding carboxylic acids is 1. The summed E-state index contributed by atoms with van der Waals surface area (Å²) >= 11 is 0. The Kier molecular flexibility index (Phi) is 7.70. The van der Waals surface area contributed by atoms with Crippen LogP contribution in [0.15, 0.2) is 54.9 Å². The third-order valence-electron chi connectivity index (χ3n) is 5.46. The molecular formula is C23H25F3N4O3. The van der Waals surface area contributed by atoms with Crippen molar-refractivity contribution in [1.29, 1.82) is 0 Å². The summed E-state index contributed by atoms with van der Waals surface area (Å²) in [4.78, 5) is 28.1. The van der Waals surface area contributed by atoms with Crippen LogP contribution in [0.5, 0.6) is 0 Å². The summed E-state index contributed by atoms with van der Waals surface area (Å²) in [5.74, 6) is -1.63. The van der Waals surface area contributed by atoms with Crippen LogP contribution in [0.3, 0.4) is 0 Å². The summed E-state index contributed by atoms with van der Waals surface area (Å²) in [5.41, 5.74) is 0.855. The van der Waals surface area contributed by atoms with Gasteiger partial charge < -0.3 is 15.0 Å². The summed E-state index contributed by atoms with van der Waals surface area (Å²) in [6.45, 7) is 1.40. The molecular weight excluding hydrogens is 437 g/mol. The average Bonchev–Trinajstić information content (AvgIpc) is 3.36. The number of halogens is 3. The zero-order chi connectivity index (χ0) is 24.0. The van der Waals surface area contributed by atoms with E-state index in [1.54, 1.807) is 0 Å². The predicted molar refractivity (Wildman–Crippen MR) is 118 cm³/mol. The molecule has 33 heavy (non-hydrogen) atoms. The normalized spacial score (nSPS) is 16.3. The van der Waals surface area contributed by atoms with Gasteiger partial charge in [0.2, 0.25) is 5.91 Å². The van der Waals surface area contributed by atoms with Crippen molar-refractivity contribution in [2.45, 2.75) is 31.5 Å². The number of imidazole rings is 1. The van der Waals surface area contributed by atoms with E-state index in [-0.39, 0.29) is 5.91 Å². The van der Waals surface area contributed by atoms with Crippen LogP contribution in [0.1, 0.15) is 18.7 Å². The molecule has 0 aliphatic carbocycles. The number of aryl methyl sites for hydroxylation is 1. The molecule has 1 aliphatic heterocycles. The highest BCUT2D eigenvalue weighted by molar-refractivity contribution is 5.95. The van der Waals surface area contributed by atoms with Crippen LogP contribution in [-0.2, 0) is 23.1 Å². The number of carbonyl (C=O) groups is 2. The van der Waals surface area contributed by atoms with Crippen molar-refractivity contribution in [2.24, 2.45) is 7.05 Å². The number of carboxylic acids is 1. The number of rotatable bonds is 5. The number of hydrogen-bond acceptors (Lipinski definition) is 4. The minimum absolute atomic E-state index is 0.0482. The van der Waals surface area contributed by atoms with Crippen LogP contribution >= 0.6 is 0 Å². The lowest BCUT2D eigenvalue weighted by Gasteiger charge is -2.23. The Morgan fingerprint density at radius 2 is 1.88 bits per heavy atom. The van der Waals surface area contributed by atoms with Gasteiger partial charge in [0, 0.05) is 37.6 Å². The summed E-state index contributed by atoms with van der Waals surface area (Å²) in [6.07, 6.45) is 1.88. The zero-order valence-electron chi connectivity index (χ0n) is 18.0. The highest BCUT2D eigenvalue weighted by atomic mass is 19.4. The molecule has 1 aromatic heterocycles. The molecule has 0 saturated carbocycles. The number of hydrogen-bond donors (Lipinski definition) is 2. The van der Waals surface area contributed by atoms with Crippen molar-refractivity contribution in [3.63, 3.8) is 0 Å². The second-order valence-electron chi connectivity index (χ2n) is 7.84. The van der Waals surface area contributed by atoms with Crippen LogP contribution in [-0.4, -0.2) is 56.7 Å². The summed E-state index contributed by atoms with van der Waals surface area (Å²) in [5, 5.41) is 12.5. The van der Waals surface area contributed by atoms with Crippen molar-refractivity contribution in [3.05, 3.63) is 60.7 Å². The lowest BCUT2D eigenvalue weighted by atomic mass is 10.1. The first-order valence-electron chi connectivity index (χ1n) is 10.4. The number of nitrogens with zero attached hydrogens (tertiary/aromatic N) is 3. The van der Waals surface area contributed by atoms with Crippen molar-refractivity contribution in [3.8, 4) is 0 Å². The molecule has 1 fully saturated rings. The van der Waals surface area contributed by atoms with Gasteiger partial charge in [-0.3, -0.25) is 9.69 Å². The van der Waals surface area contributed by atoms with E-state index in [2.05, 4.69) is 31.9 Å². The molecule has 1 amide bonds. The number of amides is 1. The largest absolute Gasteiger partial charge is 0.490 e. The Bertz CT molecular complexity index is 1110. The Morgan fingerprint density at radius 3 is 2.52 bits per heavy atom. The second kappa shape index (κ2) is 10.5. The highest BCUT2D eigenvalue weighted by Gasteiger charge is 2.38. The van der Waals surface area contributed by atoms with E-state index in [4.69, 9.17) is 9.90 Å². The first-order chi connectivity index (χ1) is 15.6. The van der Waals surface area contributed by atoms with E-state index in [1.807, 2.05) is 49.8 Å². The van der Waals surface area contributed by atoms with Gasteiger partial charge in [0.05, 0.1) is 6.54 Å². The third kappa shape index (κ3) is 6.79. The molecule has 2 N–H and O–H groups in total. The topological polar surface area (TPSA) is 87.5 Å². The number of aliphatic carboxylic acids is 1. The van der Waals surface area contributed by atoms with Crippen LogP contribution < -0.4 is 5.32 Å². The molecule has 10 heteroatoms. The number of carboxylic acid groups (broad SMARTS) is 1. The molecule has 1 saturated heterocycles. The lowest BCUT2D eigenvalue weighted by molar-refractivity contribution is -0.192. The SMILES string of the molecule is Cn1ccnc1C[C@H]1CCCN1CC(=O)Nc1ccc2ccccc2c1.O=C(O)C(F)(F)F. The molecule has 1 atom stereocenters. The zero-order valence-corrected chi connectivity index (χ0v) is 18.0. The van der Waals surface area contributed by atoms with Crippen LogP contribution in [0.2, 0.25) is 0 Å². The summed E-state index contributed by atoms with van der Waals surface area (Å²) < 4.78 is 33.8. The Labute approximate surface area is 188 Å². The fourth-order valence-corrected chi connectivity index (χ4v) is 3.79. The van der Waals surface area contributed by atoms with E-state index in [9.17, 15) is 18.0 Å². The minimum atomic E-state index is -5.08. The maximum atomic E-state index is 12.5. The Balaban J connectivity index is 0.000000383. The fourth-order valence-electron chi connectivity index (χ4n) is 3.79. The van der Waals surface area contributed by atoms with Gasteiger partial charge in [0.1, 0.15) is 5.82 Å². The van der Waals surface area contributed by atoms with Gasteiger partial charge in [0.15, 0.2) is 0 Å². The van der Waals surface area contributed by atoms with Gasteiger partial charge >= 0.3 is 12.1 Å². The van der Waals surface area contributed by atoms with Crippen molar-refractivity contribution in [1.82, 2.24) is 14.5 Å². The van der Waals surface area contributed by atoms with Crippen LogP contribution in [0.25, 0.3) is 10.8 Å². The van der Waals surface area contributed by atoms with E-state index in [1.165, 1.54) is 5.39 Å². The minimum Gasteiger partial charge on any atom is -0.475 e. The molecule has 2 aromatic carbocycles. The van der Waals surface area contributed by atoms with Crippen LogP contribution in [0, 0.1) is 0 Å². The molecule has 0 radical (unpaired) electrons. The monoisotopic (exact) mass is 462 g/mol. The number of aromatic nitrogens is 2. The fraction of sp³-hybridized carbons (Fsp3) is 0.348. The van der Waals surface area contributed by atoms with Gasteiger partial charge in [-0.15, -0.1) is 0 Å². The maximum Gasteiger partial charge on any atom is 0.490 e. The Morgan fingerprint density at radius 1 is 1.18 bits per heavy atom. The molecule has 2 heterocycles. The first kappa shape index (κ1) is 24.2. The van der Waals surface area contributed by atoms with Gasteiger partial charge in [-0.1, -0.05) is 30.3 Å². The van der Waals surface area contributed by atoms with E-state index in [0.717, 1.165) is 42.7 Å². The maximum absolute atomic E-state index is 12.5. The van der Waals surface area contributed by atoms with E-state index < -0.39 is 12.1 Å². The molecule has 176 valence electrons. The summed E-state index contributed by atoms with van der Waals surface area (Å²) in [6, 6.07) is 14.6. The van der Waals surface area contributed by atoms with E-state index in [0.29, 0.717) is 12.6 Å². The van der Waals surface area contributed by atoms with E-state index >= 15 is 0 Å².